The average molecular weight is 494 g/mol. The quantitative estimate of drug-likeness (QED) is 0.208. The predicted molar refractivity (Wildman–Crippen MR) is 161 cm³/mol. The van der Waals surface area contributed by atoms with E-state index in [0.29, 0.717) is 0 Å². The van der Waals surface area contributed by atoms with Crippen molar-refractivity contribution in [3.05, 3.63) is 162 Å². The highest BCUT2D eigenvalue weighted by Crippen LogP contribution is 2.64. The fourth-order valence-electron chi connectivity index (χ4n) is 7.38. The first-order valence-corrected chi connectivity index (χ1v) is 13.6. The SMILES string of the molecule is c1ccc2c(c1)-c1ccccc1C21c2ccccc2-c2cccc(-c3ccc4ccc5ccccc5c4n3)c21. The third kappa shape index (κ3) is 2.57. The van der Waals surface area contributed by atoms with Crippen LogP contribution in [0.4, 0.5) is 0 Å². The Morgan fingerprint density at radius 1 is 0.385 bits per heavy atom. The molecule has 0 saturated carbocycles. The van der Waals surface area contributed by atoms with Crippen LogP contribution in [-0.2, 0) is 5.41 Å². The summed E-state index contributed by atoms with van der Waals surface area (Å²) in [5.74, 6) is 0. The molecule has 1 nitrogen and oxygen atoms in total. The maximum Gasteiger partial charge on any atom is 0.0787 e. The number of benzene rings is 6. The molecule has 9 rings (SSSR count). The summed E-state index contributed by atoms with van der Waals surface area (Å²) in [7, 11) is 0. The zero-order chi connectivity index (χ0) is 25.6. The highest BCUT2D eigenvalue weighted by Gasteiger charge is 2.52. The molecule has 1 heterocycles. The van der Waals surface area contributed by atoms with Gasteiger partial charge in [-0.25, -0.2) is 4.98 Å². The minimum atomic E-state index is -0.384. The molecule has 7 aromatic rings. The Morgan fingerprint density at radius 3 is 1.62 bits per heavy atom. The monoisotopic (exact) mass is 493 g/mol. The van der Waals surface area contributed by atoms with Gasteiger partial charge in [-0.2, -0.15) is 0 Å². The summed E-state index contributed by atoms with van der Waals surface area (Å²) in [4.78, 5) is 5.38. The lowest BCUT2D eigenvalue weighted by molar-refractivity contribution is 0.795. The Morgan fingerprint density at radius 2 is 0.897 bits per heavy atom. The number of pyridine rings is 1. The molecule has 2 aliphatic carbocycles. The Balaban J connectivity index is 1.43. The molecule has 0 saturated heterocycles. The molecule has 0 aliphatic heterocycles. The first-order chi connectivity index (χ1) is 19.4. The van der Waals surface area contributed by atoms with Crippen LogP contribution in [-0.4, -0.2) is 4.98 Å². The van der Waals surface area contributed by atoms with Gasteiger partial charge in [-0.05, 0) is 56.0 Å². The van der Waals surface area contributed by atoms with Crippen LogP contribution in [0.1, 0.15) is 22.3 Å². The van der Waals surface area contributed by atoms with Crippen LogP contribution in [0.25, 0.3) is 55.2 Å². The molecule has 0 bridgehead atoms. The van der Waals surface area contributed by atoms with E-state index in [1.54, 1.807) is 0 Å². The number of fused-ring (bicyclic) bond motifs is 13. The van der Waals surface area contributed by atoms with Crippen LogP contribution in [0.2, 0.25) is 0 Å². The van der Waals surface area contributed by atoms with Gasteiger partial charge in [-0.1, -0.05) is 133 Å². The van der Waals surface area contributed by atoms with E-state index >= 15 is 0 Å². The van der Waals surface area contributed by atoms with E-state index in [1.807, 2.05) is 0 Å². The van der Waals surface area contributed by atoms with Gasteiger partial charge >= 0.3 is 0 Å². The minimum absolute atomic E-state index is 0.384. The van der Waals surface area contributed by atoms with Crippen molar-refractivity contribution >= 4 is 21.7 Å². The average Bonchev–Trinajstić information content (AvgIpc) is 3.48. The smallest absolute Gasteiger partial charge is 0.0787 e. The van der Waals surface area contributed by atoms with Crippen molar-refractivity contribution in [3.63, 3.8) is 0 Å². The zero-order valence-electron chi connectivity index (χ0n) is 21.2. The van der Waals surface area contributed by atoms with Crippen LogP contribution >= 0.6 is 0 Å². The Labute approximate surface area is 227 Å². The standard InChI is InChI=1S/C38H23N/c1-2-11-26-24(10-1)20-21-25-22-23-35(39-37(25)26)31-16-9-15-30-29-14-5-8-19-34(29)38(36(30)31)32-17-6-3-12-27(32)28-13-4-7-18-33(28)38/h1-23H. The van der Waals surface area contributed by atoms with E-state index in [2.05, 4.69) is 140 Å². The van der Waals surface area contributed by atoms with Crippen molar-refractivity contribution in [2.24, 2.45) is 0 Å². The summed E-state index contributed by atoms with van der Waals surface area (Å²) < 4.78 is 0. The van der Waals surface area contributed by atoms with E-state index in [1.165, 1.54) is 66.2 Å². The molecule has 2 aliphatic rings. The molecule has 6 aromatic carbocycles. The summed E-state index contributed by atoms with van der Waals surface area (Å²) in [6.45, 7) is 0. The largest absolute Gasteiger partial charge is 0.247 e. The third-order valence-electron chi connectivity index (χ3n) is 8.87. The van der Waals surface area contributed by atoms with Crippen molar-refractivity contribution in [2.45, 2.75) is 5.41 Å². The first-order valence-electron chi connectivity index (χ1n) is 13.6. The second kappa shape index (κ2) is 7.52. The number of aromatic nitrogens is 1. The van der Waals surface area contributed by atoms with Gasteiger partial charge in [0.2, 0.25) is 0 Å². The van der Waals surface area contributed by atoms with Crippen LogP contribution < -0.4 is 0 Å². The molecule has 1 aromatic heterocycles. The maximum atomic E-state index is 5.38. The van der Waals surface area contributed by atoms with Crippen LogP contribution in [0, 0.1) is 0 Å². The van der Waals surface area contributed by atoms with Gasteiger partial charge in [0.15, 0.2) is 0 Å². The van der Waals surface area contributed by atoms with Gasteiger partial charge in [0.05, 0.1) is 16.6 Å². The highest BCUT2D eigenvalue weighted by atomic mass is 14.7. The molecule has 39 heavy (non-hydrogen) atoms. The predicted octanol–water partition coefficient (Wildman–Crippen LogP) is 9.40. The molecule has 0 fully saturated rings. The van der Waals surface area contributed by atoms with Crippen molar-refractivity contribution < 1.29 is 0 Å². The Kier molecular flexibility index (Phi) is 4.05. The lowest BCUT2D eigenvalue weighted by Gasteiger charge is -2.32. The Hall–Kier alpha value is -5.01. The Bertz CT molecular complexity index is 2070. The fourth-order valence-corrected chi connectivity index (χ4v) is 7.38. The fraction of sp³-hybridized carbons (Fsp3) is 0.0263. The molecule has 0 radical (unpaired) electrons. The summed E-state index contributed by atoms with van der Waals surface area (Å²) in [5, 5.41) is 3.58. The minimum Gasteiger partial charge on any atom is -0.247 e. The second-order valence-electron chi connectivity index (χ2n) is 10.7. The third-order valence-corrected chi connectivity index (χ3v) is 8.87. The molecule has 1 heteroatoms. The van der Waals surface area contributed by atoms with Gasteiger partial charge in [-0.15, -0.1) is 0 Å². The molecular formula is C38H23N. The van der Waals surface area contributed by atoms with Gasteiger partial charge in [-0.3, -0.25) is 0 Å². The van der Waals surface area contributed by atoms with Crippen LogP contribution in [0.15, 0.2) is 140 Å². The summed E-state index contributed by atoms with van der Waals surface area (Å²) in [6, 6.07) is 51.1. The van der Waals surface area contributed by atoms with E-state index < -0.39 is 0 Å². The molecular weight excluding hydrogens is 470 g/mol. The zero-order valence-corrected chi connectivity index (χ0v) is 21.2. The van der Waals surface area contributed by atoms with Crippen molar-refractivity contribution in [2.75, 3.05) is 0 Å². The molecule has 180 valence electrons. The number of hydrogen-bond acceptors (Lipinski definition) is 1. The van der Waals surface area contributed by atoms with Gasteiger partial charge in [0, 0.05) is 16.3 Å². The van der Waals surface area contributed by atoms with E-state index in [0.717, 1.165) is 11.2 Å². The molecule has 1 spiro atoms. The summed E-state index contributed by atoms with van der Waals surface area (Å²) in [6.07, 6.45) is 0. The van der Waals surface area contributed by atoms with Crippen molar-refractivity contribution in [3.8, 4) is 33.5 Å². The number of hydrogen-bond donors (Lipinski definition) is 0. The number of rotatable bonds is 1. The molecule has 0 unspecified atom stereocenters. The van der Waals surface area contributed by atoms with E-state index in [-0.39, 0.29) is 5.41 Å². The summed E-state index contributed by atoms with van der Waals surface area (Å²) in [5.41, 5.74) is 13.6. The second-order valence-corrected chi connectivity index (χ2v) is 10.7. The van der Waals surface area contributed by atoms with Crippen molar-refractivity contribution in [1.29, 1.82) is 0 Å². The molecule has 0 N–H and O–H groups in total. The maximum absolute atomic E-state index is 5.38. The van der Waals surface area contributed by atoms with E-state index in [9.17, 15) is 0 Å². The molecule has 0 amide bonds. The topological polar surface area (TPSA) is 12.9 Å². The van der Waals surface area contributed by atoms with Gasteiger partial charge in [0.1, 0.15) is 0 Å². The van der Waals surface area contributed by atoms with E-state index in [4.69, 9.17) is 4.98 Å². The van der Waals surface area contributed by atoms with Gasteiger partial charge < -0.3 is 0 Å². The lowest BCUT2D eigenvalue weighted by Crippen LogP contribution is -2.26. The molecule has 0 atom stereocenters. The van der Waals surface area contributed by atoms with Crippen LogP contribution in [0.5, 0.6) is 0 Å². The normalized spacial score (nSPS) is 13.8. The lowest BCUT2D eigenvalue weighted by atomic mass is 9.69. The summed E-state index contributed by atoms with van der Waals surface area (Å²) >= 11 is 0. The highest BCUT2D eigenvalue weighted by molar-refractivity contribution is 6.06. The number of nitrogens with zero attached hydrogens (tertiary/aromatic N) is 1. The van der Waals surface area contributed by atoms with Crippen LogP contribution in [0.3, 0.4) is 0 Å². The van der Waals surface area contributed by atoms with Crippen molar-refractivity contribution in [1.82, 2.24) is 4.98 Å². The van der Waals surface area contributed by atoms with Gasteiger partial charge in [0.25, 0.3) is 0 Å². The first kappa shape index (κ1) is 21.0.